The van der Waals surface area contributed by atoms with Crippen molar-refractivity contribution >= 4 is 58.2 Å². The van der Waals surface area contributed by atoms with Gasteiger partial charge in [0.1, 0.15) is 5.92 Å². The van der Waals surface area contributed by atoms with E-state index in [4.69, 9.17) is 17.0 Å². The predicted octanol–water partition coefficient (Wildman–Crippen LogP) is 2.12. The lowest BCUT2D eigenvalue weighted by Crippen LogP contribution is -2.58. The number of thiazole rings is 1. The van der Waals surface area contributed by atoms with Gasteiger partial charge in [-0.1, -0.05) is 59.4 Å². The Balaban J connectivity index is 1.65. The number of ether oxygens (including phenoxy) is 1. The third-order valence-electron chi connectivity index (χ3n) is 6.44. The van der Waals surface area contributed by atoms with E-state index in [0.717, 1.165) is 16.9 Å². The van der Waals surface area contributed by atoms with E-state index in [0.29, 0.717) is 21.7 Å². The summed E-state index contributed by atoms with van der Waals surface area (Å²) < 4.78 is 6.88. The Labute approximate surface area is 232 Å². The van der Waals surface area contributed by atoms with Crippen molar-refractivity contribution in [2.75, 3.05) is 11.5 Å². The van der Waals surface area contributed by atoms with Gasteiger partial charge in [-0.2, -0.15) is 0 Å². The van der Waals surface area contributed by atoms with E-state index >= 15 is 0 Å². The molecule has 11 heteroatoms. The van der Waals surface area contributed by atoms with Gasteiger partial charge in [0.2, 0.25) is 11.8 Å². The SMILES string of the molecule is CCOC(=O)C1=C(C)N=c2s/c(=C/[C@@H]3C(=O)NC(=S)N(c4ccccc4)C3=O)c(=O)n2[C@H]1c1ccc(C)cc1. The Morgan fingerprint density at radius 2 is 1.79 bits per heavy atom. The number of carbonyl (C=O) groups is 3. The number of benzene rings is 2. The van der Waals surface area contributed by atoms with E-state index in [1.54, 1.807) is 44.2 Å². The van der Waals surface area contributed by atoms with Gasteiger partial charge in [0.15, 0.2) is 9.91 Å². The summed E-state index contributed by atoms with van der Waals surface area (Å²) in [6.07, 6.45) is 1.34. The summed E-state index contributed by atoms with van der Waals surface area (Å²) >= 11 is 6.31. The first-order chi connectivity index (χ1) is 18.7. The highest BCUT2D eigenvalue weighted by Gasteiger charge is 2.39. The smallest absolute Gasteiger partial charge is 0.338 e. The molecule has 2 aromatic carbocycles. The molecular formula is C28H24N4O5S2. The minimum Gasteiger partial charge on any atom is -0.463 e. The molecular weight excluding hydrogens is 536 g/mol. The molecule has 1 fully saturated rings. The Kier molecular flexibility index (Phi) is 7.11. The van der Waals surface area contributed by atoms with Crippen molar-refractivity contribution in [3.8, 4) is 0 Å². The molecule has 3 heterocycles. The number of fused-ring (bicyclic) bond motifs is 1. The Hall–Kier alpha value is -4.22. The molecule has 0 aliphatic carbocycles. The quantitative estimate of drug-likeness (QED) is 0.291. The fraction of sp³-hybridized carbons (Fsp3) is 0.214. The molecule has 39 heavy (non-hydrogen) atoms. The molecule has 0 saturated carbocycles. The van der Waals surface area contributed by atoms with Gasteiger partial charge >= 0.3 is 5.97 Å². The van der Waals surface area contributed by atoms with Crippen LogP contribution in [0, 0.1) is 12.8 Å². The van der Waals surface area contributed by atoms with E-state index in [2.05, 4.69) is 10.3 Å². The lowest BCUT2D eigenvalue weighted by Gasteiger charge is -2.31. The number of allylic oxidation sites excluding steroid dienone is 1. The maximum Gasteiger partial charge on any atom is 0.338 e. The van der Waals surface area contributed by atoms with Crippen LogP contribution >= 0.6 is 23.6 Å². The number of nitrogens with zero attached hydrogens (tertiary/aromatic N) is 3. The number of para-hydroxylation sites is 1. The van der Waals surface area contributed by atoms with Crippen molar-refractivity contribution in [1.29, 1.82) is 0 Å². The molecule has 0 unspecified atom stereocenters. The average Bonchev–Trinajstić information content (AvgIpc) is 3.21. The fourth-order valence-corrected chi connectivity index (χ4v) is 5.93. The van der Waals surface area contributed by atoms with Crippen LogP contribution in [-0.2, 0) is 19.1 Å². The van der Waals surface area contributed by atoms with Crippen LogP contribution in [0.15, 0.2) is 75.7 Å². The molecule has 5 rings (SSSR count). The molecule has 9 nitrogen and oxygen atoms in total. The van der Waals surface area contributed by atoms with Crippen LogP contribution in [0.4, 0.5) is 5.69 Å². The third kappa shape index (κ3) is 4.75. The summed E-state index contributed by atoms with van der Waals surface area (Å²) in [5, 5.41) is 2.53. The summed E-state index contributed by atoms with van der Waals surface area (Å²) in [7, 11) is 0. The molecule has 198 valence electrons. The van der Waals surface area contributed by atoms with Gasteiger partial charge in [0, 0.05) is 0 Å². The molecule has 2 amide bonds. The third-order valence-corrected chi connectivity index (χ3v) is 7.73. The average molecular weight is 561 g/mol. The second-order valence-electron chi connectivity index (χ2n) is 9.02. The van der Waals surface area contributed by atoms with E-state index in [1.807, 2.05) is 31.2 Å². The van der Waals surface area contributed by atoms with Gasteiger partial charge in [0.05, 0.1) is 34.1 Å². The number of thiocarbonyl (C=S) groups is 1. The molecule has 0 bridgehead atoms. The second-order valence-corrected chi connectivity index (χ2v) is 10.4. The van der Waals surface area contributed by atoms with Gasteiger partial charge in [-0.05, 0) is 56.8 Å². The molecule has 1 saturated heterocycles. The van der Waals surface area contributed by atoms with Gasteiger partial charge < -0.3 is 10.1 Å². The molecule has 1 N–H and O–H groups in total. The molecule has 2 atom stereocenters. The number of nitrogens with one attached hydrogen (secondary N) is 1. The second kappa shape index (κ2) is 10.5. The minimum atomic E-state index is -1.29. The first-order valence-electron chi connectivity index (χ1n) is 12.2. The Morgan fingerprint density at radius 1 is 1.10 bits per heavy atom. The maximum absolute atomic E-state index is 13.8. The zero-order chi connectivity index (χ0) is 27.8. The molecule has 0 radical (unpaired) electrons. The number of esters is 1. The van der Waals surface area contributed by atoms with Crippen LogP contribution in [0.3, 0.4) is 0 Å². The summed E-state index contributed by atoms with van der Waals surface area (Å²) in [4.78, 5) is 59.3. The maximum atomic E-state index is 13.8. The first kappa shape index (κ1) is 26.4. The number of hydrogen-bond acceptors (Lipinski definition) is 8. The molecule has 2 aliphatic heterocycles. The number of aryl methyl sites for hydroxylation is 1. The van der Waals surface area contributed by atoms with Crippen LogP contribution in [0.1, 0.15) is 31.0 Å². The van der Waals surface area contributed by atoms with Gasteiger partial charge in [-0.25, -0.2) is 9.79 Å². The largest absolute Gasteiger partial charge is 0.463 e. The molecule has 3 aromatic rings. The summed E-state index contributed by atoms with van der Waals surface area (Å²) in [5.41, 5.74) is 2.44. The molecule has 1 aromatic heterocycles. The van der Waals surface area contributed by atoms with E-state index < -0.39 is 35.3 Å². The van der Waals surface area contributed by atoms with Crippen LogP contribution < -0.4 is 25.1 Å². The van der Waals surface area contributed by atoms with Crippen molar-refractivity contribution < 1.29 is 19.1 Å². The number of amides is 2. The van der Waals surface area contributed by atoms with Crippen molar-refractivity contribution in [2.45, 2.75) is 26.8 Å². The van der Waals surface area contributed by atoms with Crippen molar-refractivity contribution in [1.82, 2.24) is 9.88 Å². The highest BCUT2D eigenvalue weighted by atomic mass is 32.1. The molecule has 2 aliphatic rings. The lowest BCUT2D eigenvalue weighted by atomic mass is 9.95. The van der Waals surface area contributed by atoms with Gasteiger partial charge in [-0.3, -0.25) is 23.9 Å². The van der Waals surface area contributed by atoms with Crippen molar-refractivity contribution in [3.05, 3.63) is 96.7 Å². The van der Waals surface area contributed by atoms with E-state index in [-0.39, 0.29) is 21.8 Å². The zero-order valence-corrected chi connectivity index (χ0v) is 23.0. The summed E-state index contributed by atoms with van der Waals surface area (Å²) in [6.45, 7) is 5.51. The van der Waals surface area contributed by atoms with Crippen molar-refractivity contribution in [3.63, 3.8) is 0 Å². The zero-order valence-electron chi connectivity index (χ0n) is 21.3. The highest BCUT2D eigenvalue weighted by Crippen LogP contribution is 2.31. The Morgan fingerprint density at radius 3 is 2.46 bits per heavy atom. The monoisotopic (exact) mass is 560 g/mol. The van der Waals surface area contributed by atoms with E-state index in [9.17, 15) is 19.2 Å². The number of rotatable bonds is 5. The van der Waals surface area contributed by atoms with Gasteiger partial charge in [0.25, 0.3) is 5.56 Å². The van der Waals surface area contributed by atoms with E-state index in [1.165, 1.54) is 15.5 Å². The highest BCUT2D eigenvalue weighted by molar-refractivity contribution is 7.80. The van der Waals surface area contributed by atoms with Crippen molar-refractivity contribution in [2.24, 2.45) is 10.9 Å². The summed E-state index contributed by atoms with van der Waals surface area (Å²) in [5.74, 6) is -3.05. The van der Waals surface area contributed by atoms with Crippen LogP contribution in [0.25, 0.3) is 6.08 Å². The number of aromatic nitrogens is 1. The number of carbonyl (C=O) groups excluding carboxylic acids is 3. The standard InChI is InChI=1S/C28H24N4O5S2/c1-4-37-26(36)21-16(3)29-28-32(22(21)17-12-10-15(2)11-13-17)25(35)20(39-28)14-19-23(33)30-27(38)31(24(19)34)18-8-6-5-7-9-18/h5-14,19,22H,4H2,1-3H3,(H,30,33,38)/b20-14+/t19-,22+/m1/s1. The lowest BCUT2D eigenvalue weighted by molar-refractivity contribution is -0.139. The first-order valence-corrected chi connectivity index (χ1v) is 13.4. The number of anilines is 1. The normalized spacial score (nSPS) is 19.5. The minimum absolute atomic E-state index is 0.0311. The topological polar surface area (TPSA) is 110 Å². The predicted molar refractivity (Wildman–Crippen MR) is 151 cm³/mol. The van der Waals surface area contributed by atoms with Crippen LogP contribution in [-0.4, -0.2) is 34.1 Å². The number of hydrogen-bond donors (Lipinski definition) is 1. The van der Waals surface area contributed by atoms with Crippen LogP contribution in [0.2, 0.25) is 0 Å². The fourth-order valence-electron chi connectivity index (χ4n) is 4.58. The Bertz CT molecular complexity index is 1720. The molecule has 0 spiro atoms. The van der Waals surface area contributed by atoms with Crippen LogP contribution in [0.5, 0.6) is 0 Å². The van der Waals surface area contributed by atoms with Gasteiger partial charge in [-0.15, -0.1) is 0 Å². The summed E-state index contributed by atoms with van der Waals surface area (Å²) in [6, 6.07) is 15.4.